The fourth-order valence-corrected chi connectivity index (χ4v) is 2.49. The van der Waals surface area contributed by atoms with Crippen LogP contribution < -0.4 is 5.73 Å². The average molecular weight is 299 g/mol. The molecule has 0 radical (unpaired) electrons. The Morgan fingerprint density at radius 1 is 1.24 bits per heavy atom. The Morgan fingerprint density at radius 2 is 1.82 bits per heavy atom. The molecule has 1 aromatic carbocycles. The summed E-state index contributed by atoms with van der Waals surface area (Å²) in [6, 6.07) is 9.38. The van der Waals surface area contributed by atoms with E-state index >= 15 is 0 Å². The van der Waals surface area contributed by atoms with E-state index in [1.807, 2.05) is 0 Å². The molecule has 0 aliphatic carbocycles. The van der Waals surface area contributed by atoms with E-state index < -0.39 is 0 Å². The number of nitrogens with two attached hydrogens (primary N) is 1. The number of likely N-dealkylation sites (N-methyl/N-ethyl adjacent to an activating group) is 1. The third kappa shape index (κ3) is 3.80. The molecule has 2 N–H and O–H groups in total. The van der Waals surface area contributed by atoms with Crippen LogP contribution in [0.3, 0.4) is 0 Å². The molecule has 0 saturated heterocycles. The lowest BCUT2D eigenvalue weighted by Gasteiger charge is -2.35. The maximum atomic E-state index is 5.96. The number of rotatable bonds is 6. The first-order valence-electron chi connectivity index (χ1n) is 6.35. The monoisotopic (exact) mass is 298 g/mol. The SMILES string of the molecule is CCC(C)N(CC)C(CN)c1ccc(Br)cc1. The first-order chi connectivity index (χ1) is 8.13. The summed E-state index contributed by atoms with van der Waals surface area (Å²) in [5.74, 6) is 0. The van der Waals surface area contributed by atoms with Crippen molar-refractivity contribution in [3.8, 4) is 0 Å². The molecule has 17 heavy (non-hydrogen) atoms. The third-order valence-electron chi connectivity index (χ3n) is 3.40. The van der Waals surface area contributed by atoms with E-state index in [-0.39, 0.29) is 0 Å². The van der Waals surface area contributed by atoms with Crippen molar-refractivity contribution in [3.05, 3.63) is 34.3 Å². The average Bonchev–Trinajstić information content (AvgIpc) is 2.36. The lowest BCUT2D eigenvalue weighted by molar-refractivity contribution is 0.152. The zero-order valence-corrected chi connectivity index (χ0v) is 12.6. The van der Waals surface area contributed by atoms with Crippen LogP contribution in [0.15, 0.2) is 28.7 Å². The van der Waals surface area contributed by atoms with Gasteiger partial charge in [0, 0.05) is 23.1 Å². The van der Waals surface area contributed by atoms with Gasteiger partial charge in [-0.05, 0) is 37.6 Å². The van der Waals surface area contributed by atoms with Gasteiger partial charge in [0.05, 0.1) is 0 Å². The molecule has 3 heteroatoms. The summed E-state index contributed by atoms with van der Waals surface area (Å²) >= 11 is 3.47. The number of hydrogen-bond donors (Lipinski definition) is 1. The fourth-order valence-electron chi connectivity index (χ4n) is 2.22. The van der Waals surface area contributed by atoms with Gasteiger partial charge in [-0.15, -0.1) is 0 Å². The van der Waals surface area contributed by atoms with Gasteiger partial charge >= 0.3 is 0 Å². The van der Waals surface area contributed by atoms with Gasteiger partial charge in [-0.25, -0.2) is 0 Å². The number of hydrogen-bond acceptors (Lipinski definition) is 2. The maximum absolute atomic E-state index is 5.96. The summed E-state index contributed by atoms with van der Waals surface area (Å²) in [4.78, 5) is 2.48. The van der Waals surface area contributed by atoms with Gasteiger partial charge in [0.1, 0.15) is 0 Å². The van der Waals surface area contributed by atoms with Crippen LogP contribution in [0.1, 0.15) is 38.8 Å². The van der Waals surface area contributed by atoms with E-state index in [9.17, 15) is 0 Å². The van der Waals surface area contributed by atoms with Crippen molar-refractivity contribution in [1.29, 1.82) is 0 Å². The zero-order chi connectivity index (χ0) is 12.8. The Hall–Kier alpha value is -0.380. The molecule has 0 saturated carbocycles. The molecule has 2 atom stereocenters. The second-order valence-electron chi connectivity index (χ2n) is 4.39. The Bertz CT molecular complexity index is 323. The van der Waals surface area contributed by atoms with Crippen molar-refractivity contribution in [2.75, 3.05) is 13.1 Å². The Balaban J connectivity index is 2.92. The summed E-state index contributed by atoms with van der Waals surface area (Å²) < 4.78 is 1.11. The van der Waals surface area contributed by atoms with Gasteiger partial charge < -0.3 is 5.73 Å². The third-order valence-corrected chi connectivity index (χ3v) is 3.93. The van der Waals surface area contributed by atoms with Crippen LogP contribution in [0.2, 0.25) is 0 Å². The minimum atomic E-state index is 0.322. The van der Waals surface area contributed by atoms with Gasteiger partial charge in [-0.1, -0.05) is 41.9 Å². The molecule has 0 amide bonds. The minimum Gasteiger partial charge on any atom is -0.329 e. The van der Waals surface area contributed by atoms with E-state index in [0.29, 0.717) is 18.6 Å². The summed E-state index contributed by atoms with van der Waals surface area (Å²) in [5.41, 5.74) is 7.26. The molecule has 0 aliphatic heterocycles. The van der Waals surface area contributed by atoms with Crippen LogP contribution in [0.5, 0.6) is 0 Å². The fraction of sp³-hybridized carbons (Fsp3) is 0.571. The molecule has 0 aromatic heterocycles. The molecular formula is C14H23BrN2. The van der Waals surface area contributed by atoms with Gasteiger partial charge in [0.15, 0.2) is 0 Å². The van der Waals surface area contributed by atoms with Gasteiger partial charge in [0.25, 0.3) is 0 Å². The standard InChI is InChI=1S/C14H23BrN2/c1-4-11(3)17(5-2)14(10-16)12-6-8-13(15)9-7-12/h6-9,11,14H,4-5,10,16H2,1-3H3. The highest BCUT2D eigenvalue weighted by atomic mass is 79.9. The second-order valence-corrected chi connectivity index (χ2v) is 5.31. The van der Waals surface area contributed by atoms with E-state index in [0.717, 1.165) is 17.4 Å². The first kappa shape index (κ1) is 14.7. The largest absolute Gasteiger partial charge is 0.329 e. The minimum absolute atomic E-state index is 0.322. The van der Waals surface area contributed by atoms with Crippen molar-refractivity contribution in [2.24, 2.45) is 5.73 Å². The van der Waals surface area contributed by atoms with Crippen molar-refractivity contribution in [1.82, 2.24) is 4.90 Å². The zero-order valence-electron chi connectivity index (χ0n) is 11.0. The van der Waals surface area contributed by atoms with Gasteiger partial charge in [0.2, 0.25) is 0 Å². The summed E-state index contributed by atoms with van der Waals surface area (Å²) in [6.45, 7) is 8.40. The lowest BCUT2D eigenvalue weighted by atomic mass is 10.0. The molecule has 2 unspecified atom stereocenters. The van der Waals surface area contributed by atoms with Gasteiger partial charge in [-0.2, -0.15) is 0 Å². The van der Waals surface area contributed by atoms with Crippen molar-refractivity contribution in [3.63, 3.8) is 0 Å². The molecule has 0 heterocycles. The van der Waals surface area contributed by atoms with Crippen molar-refractivity contribution < 1.29 is 0 Å². The van der Waals surface area contributed by atoms with E-state index in [1.54, 1.807) is 0 Å². The highest BCUT2D eigenvalue weighted by Crippen LogP contribution is 2.24. The maximum Gasteiger partial charge on any atom is 0.0473 e. The predicted molar refractivity (Wildman–Crippen MR) is 78.1 cm³/mol. The van der Waals surface area contributed by atoms with Crippen LogP contribution in [-0.4, -0.2) is 24.0 Å². The van der Waals surface area contributed by atoms with E-state index in [1.165, 1.54) is 5.56 Å². The number of halogens is 1. The van der Waals surface area contributed by atoms with Crippen LogP contribution in [0, 0.1) is 0 Å². The molecule has 0 aliphatic rings. The van der Waals surface area contributed by atoms with Gasteiger partial charge in [-0.3, -0.25) is 4.90 Å². The number of benzene rings is 1. The van der Waals surface area contributed by atoms with Crippen LogP contribution in [0.4, 0.5) is 0 Å². The molecule has 1 aromatic rings. The second kappa shape index (κ2) is 7.14. The molecule has 96 valence electrons. The lowest BCUT2D eigenvalue weighted by Crippen LogP contribution is -2.39. The summed E-state index contributed by atoms with van der Waals surface area (Å²) in [5, 5.41) is 0. The van der Waals surface area contributed by atoms with Crippen LogP contribution in [0.25, 0.3) is 0 Å². The quantitative estimate of drug-likeness (QED) is 0.870. The normalized spacial score (nSPS) is 14.9. The summed E-state index contributed by atoms with van der Waals surface area (Å²) in [6.07, 6.45) is 1.15. The van der Waals surface area contributed by atoms with Crippen LogP contribution in [-0.2, 0) is 0 Å². The van der Waals surface area contributed by atoms with Crippen LogP contribution >= 0.6 is 15.9 Å². The topological polar surface area (TPSA) is 29.3 Å². The molecule has 1 rings (SSSR count). The highest BCUT2D eigenvalue weighted by molar-refractivity contribution is 9.10. The van der Waals surface area contributed by atoms with Crippen molar-refractivity contribution in [2.45, 2.75) is 39.3 Å². The Kier molecular flexibility index (Phi) is 6.17. The molecule has 0 spiro atoms. The Morgan fingerprint density at radius 3 is 2.24 bits per heavy atom. The predicted octanol–water partition coefficient (Wildman–Crippen LogP) is 3.57. The smallest absolute Gasteiger partial charge is 0.0473 e. The number of nitrogens with zero attached hydrogens (tertiary/aromatic N) is 1. The molecular weight excluding hydrogens is 276 g/mol. The van der Waals surface area contributed by atoms with E-state index in [2.05, 4.69) is 65.9 Å². The molecule has 0 fully saturated rings. The first-order valence-corrected chi connectivity index (χ1v) is 7.14. The summed E-state index contributed by atoms with van der Waals surface area (Å²) in [7, 11) is 0. The molecule has 2 nitrogen and oxygen atoms in total. The highest BCUT2D eigenvalue weighted by Gasteiger charge is 2.21. The van der Waals surface area contributed by atoms with E-state index in [4.69, 9.17) is 5.73 Å². The van der Waals surface area contributed by atoms with Crippen molar-refractivity contribution >= 4 is 15.9 Å². The Labute approximate surface area is 113 Å². The molecule has 0 bridgehead atoms.